The molecule has 3 heteroatoms. The number of aromatic nitrogens is 3. The maximum absolute atomic E-state index is 5.25. The molecule has 3 nitrogen and oxygen atoms in total. The highest BCUT2D eigenvalue weighted by Gasteiger charge is 2.35. The summed E-state index contributed by atoms with van der Waals surface area (Å²) in [5.41, 5.74) is 14.5. The third-order valence-corrected chi connectivity index (χ3v) is 9.48. The Labute approximate surface area is 261 Å². The molecular weight excluding hydrogens is 546 g/mol. The number of hydrogen-bond donors (Lipinski definition) is 0. The largest absolute Gasteiger partial charge is 0.256 e. The van der Waals surface area contributed by atoms with Gasteiger partial charge in [-0.2, -0.15) is 0 Å². The summed E-state index contributed by atoms with van der Waals surface area (Å²) in [6.45, 7) is 4.64. The van der Waals surface area contributed by atoms with Crippen LogP contribution in [0.1, 0.15) is 25.0 Å². The van der Waals surface area contributed by atoms with Crippen molar-refractivity contribution in [2.45, 2.75) is 19.3 Å². The van der Waals surface area contributed by atoms with Gasteiger partial charge >= 0.3 is 0 Å². The molecule has 1 aliphatic carbocycles. The van der Waals surface area contributed by atoms with Gasteiger partial charge in [-0.15, -0.1) is 0 Å². The van der Waals surface area contributed by atoms with Gasteiger partial charge in [0.05, 0.1) is 27.9 Å². The second-order valence-electron chi connectivity index (χ2n) is 12.5. The van der Waals surface area contributed by atoms with E-state index >= 15 is 0 Å². The molecule has 212 valence electrons. The Bertz CT molecular complexity index is 2470. The monoisotopic (exact) mass is 575 g/mol. The van der Waals surface area contributed by atoms with Gasteiger partial charge in [0.25, 0.3) is 0 Å². The summed E-state index contributed by atoms with van der Waals surface area (Å²) in [4.78, 5) is 15.2. The van der Waals surface area contributed by atoms with Crippen molar-refractivity contribution in [1.82, 2.24) is 15.0 Å². The first-order valence-corrected chi connectivity index (χ1v) is 15.4. The van der Waals surface area contributed by atoms with Crippen LogP contribution in [0.5, 0.6) is 0 Å². The van der Waals surface area contributed by atoms with Crippen molar-refractivity contribution < 1.29 is 0 Å². The van der Waals surface area contributed by atoms with Gasteiger partial charge in [-0.1, -0.05) is 111 Å². The van der Waals surface area contributed by atoms with Crippen LogP contribution in [0.25, 0.3) is 77.5 Å². The third kappa shape index (κ3) is 4.08. The minimum Gasteiger partial charge on any atom is -0.256 e. The number of hydrogen-bond acceptors (Lipinski definition) is 3. The predicted octanol–water partition coefficient (Wildman–Crippen LogP) is 10.6. The van der Waals surface area contributed by atoms with Crippen LogP contribution < -0.4 is 0 Å². The molecule has 3 heterocycles. The smallest absolute Gasteiger partial charge is 0.0972 e. The van der Waals surface area contributed by atoms with Crippen LogP contribution in [0.4, 0.5) is 0 Å². The molecule has 0 saturated heterocycles. The Morgan fingerprint density at radius 2 is 1.09 bits per heavy atom. The Morgan fingerprint density at radius 1 is 0.444 bits per heavy atom. The molecule has 0 radical (unpaired) electrons. The molecule has 3 aromatic heterocycles. The molecular formula is C42H29N3. The summed E-state index contributed by atoms with van der Waals surface area (Å²) in [6.07, 6.45) is 1.95. The van der Waals surface area contributed by atoms with E-state index in [2.05, 4.69) is 140 Å². The summed E-state index contributed by atoms with van der Waals surface area (Å²) in [5, 5.41) is 3.30. The molecule has 45 heavy (non-hydrogen) atoms. The Kier molecular flexibility index (Phi) is 5.54. The van der Waals surface area contributed by atoms with Gasteiger partial charge in [0.2, 0.25) is 0 Å². The van der Waals surface area contributed by atoms with Gasteiger partial charge in [-0.05, 0) is 64.2 Å². The number of benzene rings is 5. The van der Waals surface area contributed by atoms with Crippen molar-refractivity contribution in [3.8, 4) is 44.8 Å². The highest BCUT2D eigenvalue weighted by Crippen LogP contribution is 2.49. The summed E-state index contributed by atoms with van der Waals surface area (Å²) in [7, 11) is 0. The molecule has 0 spiro atoms. The predicted molar refractivity (Wildman–Crippen MR) is 186 cm³/mol. The zero-order valence-electron chi connectivity index (χ0n) is 25.1. The van der Waals surface area contributed by atoms with E-state index in [1.165, 1.54) is 22.3 Å². The lowest BCUT2D eigenvalue weighted by atomic mass is 9.82. The molecule has 0 fully saturated rings. The first kappa shape index (κ1) is 25.8. The van der Waals surface area contributed by atoms with Gasteiger partial charge in [0, 0.05) is 44.5 Å². The number of fused-ring (bicyclic) bond motifs is 7. The molecule has 8 aromatic rings. The lowest BCUT2D eigenvalue weighted by molar-refractivity contribution is 0.660. The van der Waals surface area contributed by atoms with Crippen LogP contribution in [0.3, 0.4) is 0 Å². The number of rotatable bonds is 3. The van der Waals surface area contributed by atoms with E-state index in [1.807, 2.05) is 18.3 Å². The normalized spacial score (nSPS) is 13.3. The topological polar surface area (TPSA) is 38.7 Å². The fraction of sp³-hybridized carbons (Fsp3) is 0.0714. The second kappa shape index (κ2) is 9.67. The highest BCUT2D eigenvalue weighted by atomic mass is 14.8. The molecule has 0 bridgehead atoms. The maximum atomic E-state index is 5.25. The molecule has 5 aromatic carbocycles. The van der Waals surface area contributed by atoms with E-state index in [-0.39, 0.29) is 5.41 Å². The first-order chi connectivity index (χ1) is 22.0. The van der Waals surface area contributed by atoms with E-state index in [0.29, 0.717) is 0 Å². The lowest BCUT2D eigenvalue weighted by Gasteiger charge is -2.21. The van der Waals surface area contributed by atoms with Gasteiger partial charge in [0.1, 0.15) is 0 Å². The summed E-state index contributed by atoms with van der Waals surface area (Å²) < 4.78 is 0. The Hall–Kier alpha value is -5.67. The molecule has 0 aliphatic heterocycles. The van der Waals surface area contributed by atoms with Crippen molar-refractivity contribution in [2.75, 3.05) is 0 Å². The fourth-order valence-electron chi connectivity index (χ4n) is 7.04. The molecule has 0 atom stereocenters. The minimum atomic E-state index is -0.0562. The molecule has 1 aliphatic rings. The van der Waals surface area contributed by atoms with Crippen molar-refractivity contribution in [1.29, 1.82) is 0 Å². The minimum absolute atomic E-state index is 0.0562. The van der Waals surface area contributed by atoms with E-state index in [9.17, 15) is 0 Å². The number of nitrogens with zero attached hydrogens (tertiary/aromatic N) is 3. The van der Waals surface area contributed by atoms with Crippen LogP contribution >= 0.6 is 0 Å². The van der Waals surface area contributed by atoms with Crippen LogP contribution in [0.2, 0.25) is 0 Å². The Morgan fingerprint density at radius 3 is 1.89 bits per heavy atom. The highest BCUT2D eigenvalue weighted by molar-refractivity contribution is 6.04. The van der Waals surface area contributed by atoms with Crippen molar-refractivity contribution in [3.05, 3.63) is 151 Å². The standard InChI is InChI=1S/C42H29N3/c1-42(2)35-12-5-4-11-33(35)34-19-16-31(24-36(34)42)39-21-18-27-15-14-26-17-20-38(44-40(26)41(27)45-39)30-10-7-9-28(22-30)32-23-29-8-3-6-13-37(29)43-25-32/h3-25H,1-2H3. The van der Waals surface area contributed by atoms with Crippen LogP contribution in [-0.4, -0.2) is 15.0 Å². The summed E-state index contributed by atoms with van der Waals surface area (Å²) >= 11 is 0. The number of para-hydroxylation sites is 1. The van der Waals surface area contributed by atoms with Crippen molar-refractivity contribution in [3.63, 3.8) is 0 Å². The zero-order valence-corrected chi connectivity index (χ0v) is 25.1. The zero-order chi connectivity index (χ0) is 30.1. The first-order valence-electron chi connectivity index (χ1n) is 15.4. The summed E-state index contributed by atoms with van der Waals surface area (Å²) in [5.74, 6) is 0. The van der Waals surface area contributed by atoms with E-state index in [0.717, 1.165) is 66.4 Å². The quantitative estimate of drug-likeness (QED) is 0.197. The van der Waals surface area contributed by atoms with Gasteiger partial charge in [-0.3, -0.25) is 4.98 Å². The summed E-state index contributed by atoms with van der Waals surface area (Å²) in [6, 6.07) is 47.4. The lowest BCUT2D eigenvalue weighted by Crippen LogP contribution is -2.14. The average Bonchev–Trinajstić information content (AvgIpc) is 3.33. The van der Waals surface area contributed by atoms with Crippen molar-refractivity contribution in [2.24, 2.45) is 0 Å². The van der Waals surface area contributed by atoms with E-state index in [4.69, 9.17) is 9.97 Å². The second-order valence-corrected chi connectivity index (χ2v) is 12.5. The SMILES string of the molecule is CC1(C)c2ccccc2-c2ccc(-c3ccc4ccc5ccc(-c6cccc(-c7cnc8ccccc8c7)c6)nc5c4n3)cc21. The van der Waals surface area contributed by atoms with Crippen LogP contribution in [-0.2, 0) is 5.41 Å². The Balaban J connectivity index is 1.14. The number of pyridine rings is 3. The molecule has 0 unspecified atom stereocenters. The molecule has 0 amide bonds. The molecule has 9 rings (SSSR count). The molecule has 0 saturated carbocycles. The van der Waals surface area contributed by atoms with Gasteiger partial charge in [0.15, 0.2) is 0 Å². The third-order valence-electron chi connectivity index (χ3n) is 9.48. The van der Waals surface area contributed by atoms with Crippen LogP contribution in [0, 0.1) is 0 Å². The average molecular weight is 576 g/mol. The van der Waals surface area contributed by atoms with Crippen LogP contribution in [0.15, 0.2) is 140 Å². The maximum Gasteiger partial charge on any atom is 0.0972 e. The van der Waals surface area contributed by atoms with E-state index in [1.54, 1.807) is 0 Å². The fourth-order valence-corrected chi connectivity index (χ4v) is 7.04. The molecule has 0 N–H and O–H groups in total. The van der Waals surface area contributed by atoms with E-state index < -0.39 is 0 Å². The van der Waals surface area contributed by atoms with Gasteiger partial charge < -0.3 is 0 Å². The van der Waals surface area contributed by atoms with Crippen molar-refractivity contribution >= 4 is 32.7 Å². The van der Waals surface area contributed by atoms with Gasteiger partial charge in [-0.25, -0.2) is 9.97 Å².